The van der Waals surface area contributed by atoms with E-state index in [4.69, 9.17) is 0 Å². The molecule has 0 fully saturated rings. The van der Waals surface area contributed by atoms with Gasteiger partial charge in [-0.3, -0.25) is 0 Å². The molecule has 0 bridgehead atoms. The van der Waals surface area contributed by atoms with E-state index in [1.807, 2.05) is 18.4 Å². The molecule has 0 amide bonds. The lowest BCUT2D eigenvalue weighted by Gasteiger charge is -2.06. The second-order valence-electron chi connectivity index (χ2n) is 3.38. The Morgan fingerprint density at radius 2 is 2.07 bits per heavy atom. The van der Waals surface area contributed by atoms with E-state index in [1.165, 1.54) is 6.07 Å². The highest BCUT2D eigenvalue weighted by Crippen LogP contribution is 2.21. The van der Waals surface area contributed by atoms with Gasteiger partial charge in [0.1, 0.15) is 5.82 Å². The highest BCUT2D eigenvalue weighted by molar-refractivity contribution is 9.10. The molecule has 2 rings (SSSR count). The number of rotatable bonds is 1. The van der Waals surface area contributed by atoms with Gasteiger partial charge < -0.3 is 4.57 Å². The van der Waals surface area contributed by atoms with Gasteiger partial charge in [0.2, 0.25) is 0 Å². The number of imidazole rings is 1. The average Bonchev–Trinajstić information content (AvgIpc) is 2.53. The lowest BCUT2D eigenvalue weighted by Crippen LogP contribution is -1.95. The van der Waals surface area contributed by atoms with E-state index in [0.29, 0.717) is 4.47 Å². The van der Waals surface area contributed by atoms with Crippen LogP contribution in [-0.2, 0) is 0 Å². The van der Waals surface area contributed by atoms with Crippen LogP contribution in [0.4, 0.5) is 4.39 Å². The summed E-state index contributed by atoms with van der Waals surface area (Å²) < 4.78 is 15.4. The first-order valence-electron chi connectivity index (χ1n) is 4.55. The molecule has 0 saturated carbocycles. The van der Waals surface area contributed by atoms with Gasteiger partial charge in [0.25, 0.3) is 0 Å². The van der Waals surface area contributed by atoms with Gasteiger partial charge in [-0.25, -0.2) is 9.37 Å². The van der Waals surface area contributed by atoms with E-state index in [1.54, 1.807) is 18.5 Å². The number of halogens is 2. The van der Waals surface area contributed by atoms with Crippen LogP contribution in [0, 0.1) is 19.7 Å². The van der Waals surface area contributed by atoms with E-state index >= 15 is 0 Å². The van der Waals surface area contributed by atoms with Gasteiger partial charge in [-0.05, 0) is 48.0 Å². The van der Waals surface area contributed by atoms with Crippen LogP contribution in [-0.4, -0.2) is 9.55 Å². The van der Waals surface area contributed by atoms with E-state index in [9.17, 15) is 4.39 Å². The minimum absolute atomic E-state index is 0.256. The third kappa shape index (κ3) is 1.81. The lowest BCUT2D eigenvalue weighted by atomic mass is 10.3. The summed E-state index contributed by atoms with van der Waals surface area (Å²) in [4.78, 5) is 4.20. The maximum atomic E-state index is 13.0. The Hall–Kier alpha value is -1.16. The molecule has 0 saturated heterocycles. The van der Waals surface area contributed by atoms with Crippen LogP contribution in [0.25, 0.3) is 5.69 Å². The fraction of sp³-hybridized carbons (Fsp3) is 0.182. The van der Waals surface area contributed by atoms with E-state index in [2.05, 4.69) is 20.9 Å². The van der Waals surface area contributed by atoms with Crippen molar-refractivity contribution >= 4 is 15.9 Å². The largest absolute Gasteiger partial charge is 0.303 e. The summed E-state index contributed by atoms with van der Waals surface area (Å²) in [7, 11) is 0. The highest BCUT2D eigenvalue weighted by Gasteiger charge is 2.06. The maximum Gasteiger partial charge on any atom is 0.137 e. The highest BCUT2D eigenvalue weighted by atomic mass is 79.9. The number of nitrogens with zero attached hydrogens (tertiary/aromatic N) is 2. The summed E-state index contributed by atoms with van der Waals surface area (Å²) in [5.41, 5.74) is 2.95. The maximum absolute atomic E-state index is 13.0. The molecule has 1 heterocycles. The summed E-state index contributed by atoms with van der Waals surface area (Å²) in [6.45, 7) is 3.93. The van der Waals surface area contributed by atoms with Crippen LogP contribution in [0.1, 0.15) is 11.4 Å². The van der Waals surface area contributed by atoms with Crippen LogP contribution < -0.4 is 0 Å². The second-order valence-corrected chi connectivity index (χ2v) is 4.24. The van der Waals surface area contributed by atoms with Crippen LogP contribution in [0.5, 0.6) is 0 Å². The van der Waals surface area contributed by atoms with Crippen molar-refractivity contribution in [2.75, 3.05) is 0 Å². The van der Waals surface area contributed by atoms with Gasteiger partial charge in [-0.1, -0.05) is 0 Å². The minimum atomic E-state index is -0.256. The predicted molar refractivity (Wildman–Crippen MR) is 60.7 cm³/mol. The van der Waals surface area contributed by atoms with E-state index < -0.39 is 0 Å². The number of hydrogen-bond acceptors (Lipinski definition) is 1. The van der Waals surface area contributed by atoms with Crippen molar-refractivity contribution in [1.82, 2.24) is 9.55 Å². The Bertz CT molecular complexity index is 505. The molecule has 0 N–H and O–H groups in total. The molecule has 15 heavy (non-hydrogen) atoms. The van der Waals surface area contributed by atoms with Crippen LogP contribution >= 0.6 is 15.9 Å². The molecule has 1 aromatic heterocycles. The van der Waals surface area contributed by atoms with Crippen molar-refractivity contribution in [3.63, 3.8) is 0 Å². The molecule has 0 spiro atoms. The summed E-state index contributed by atoms with van der Waals surface area (Å²) in [6, 6.07) is 4.91. The Kier molecular flexibility index (Phi) is 2.61. The molecule has 2 nitrogen and oxygen atoms in total. The fourth-order valence-electron chi connectivity index (χ4n) is 1.39. The lowest BCUT2D eigenvalue weighted by molar-refractivity contribution is 0.620. The van der Waals surface area contributed by atoms with Gasteiger partial charge >= 0.3 is 0 Å². The molecule has 0 aliphatic rings. The molecule has 0 aliphatic heterocycles. The van der Waals surface area contributed by atoms with Gasteiger partial charge in [0, 0.05) is 11.4 Å². The third-order valence-electron chi connectivity index (χ3n) is 2.43. The zero-order valence-corrected chi connectivity index (χ0v) is 10.0. The van der Waals surface area contributed by atoms with Crippen molar-refractivity contribution in [3.05, 3.63) is 46.2 Å². The zero-order valence-electron chi connectivity index (χ0n) is 8.46. The second kappa shape index (κ2) is 3.77. The van der Waals surface area contributed by atoms with Crippen molar-refractivity contribution in [1.29, 1.82) is 0 Å². The Balaban J connectivity index is 2.55. The van der Waals surface area contributed by atoms with E-state index in [0.717, 1.165) is 17.1 Å². The van der Waals surface area contributed by atoms with Crippen LogP contribution in [0.3, 0.4) is 0 Å². The van der Waals surface area contributed by atoms with Crippen molar-refractivity contribution in [3.8, 4) is 5.69 Å². The minimum Gasteiger partial charge on any atom is -0.303 e. The molecule has 0 aliphatic carbocycles. The van der Waals surface area contributed by atoms with Gasteiger partial charge in [-0.15, -0.1) is 0 Å². The smallest absolute Gasteiger partial charge is 0.137 e. The molecule has 2 aromatic rings. The number of hydrogen-bond donors (Lipinski definition) is 0. The van der Waals surface area contributed by atoms with Gasteiger partial charge in [0.15, 0.2) is 0 Å². The van der Waals surface area contributed by atoms with Crippen molar-refractivity contribution in [2.24, 2.45) is 0 Å². The first-order valence-corrected chi connectivity index (χ1v) is 5.35. The Morgan fingerprint density at radius 3 is 2.60 bits per heavy atom. The predicted octanol–water partition coefficient (Wildman–Crippen LogP) is 3.39. The van der Waals surface area contributed by atoms with Crippen molar-refractivity contribution < 1.29 is 4.39 Å². The quantitative estimate of drug-likeness (QED) is 0.775. The average molecular weight is 269 g/mol. The summed E-state index contributed by atoms with van der Waals surface area (Å²) in [5, 5.41) is 0. The fourth-order valence-corrected chi connectivity index (χ4v) is 1.76. The molecule has 0 atom stereocenters. The molecule has 0 unspecified atom stereocenters. The Morgan fingerprint density at radius 1 is 1.33 bits per heavy atom. The summed E-state index contributed by atoms with van der Waals surface area (Å²) in [5.74, 6) is -0.256. The first-order chi connectivity index (χ1) is 7.09. The summed E-state index contributed by atoms with van der Waals surface area (Å²) in [6.07, 6.45) is 1.74. The molecule has 78 valence electrons. The standard InChI is InChI=1S/C11H10BrFN2/c1-7-8(2)15(6-14-7)9-3-4-11(13)10(12)5-9/h3-6H,1-2H3. The van der Waals surface area contributed by atoms with Gasteiger partial charge in [-0.2, -0.15) is 0 Å². The summed E-state index contributed by atoms with van der Waals surface area (Å²) >= 11 is 3.17. The molecule has 0 radical (unpaired) electrons. The van der Waals surface area contributed by atoms with Crippen LogP contribution in [0.2, 0.25) is 0 Å². The topological polar surface area (TPSA) is 17.8 Å². The number of aromatic nitrogens is 2. The number of aryl methyl sites for hydroxylation is 1. The first kappa shape index (κ1) is 10.4. The zero-order chi connectivity index (χ0) is 11.0. The monoisotopic (exact) mass is 268 g/mol. The SMILES string of the molecule is Cc1ncn(-c2ccc(F)c(Br)c2)c1C. The number of benzene rings is 1. The third-order valence-corrected chi connectivity index (χ3v) is 3.04. The van der Waals surface area contributed by atoms with Crippen molar-refractivity contribution in [2.45, 2.75) is 13.8 Å². The Labute approximate surface area is 95.9 Å². The molecule has 4 heteroatoms. The normalized spacial score (nSPS) is 10.7. The molecule has 1 aromatic carbocycles. The molecular weight excluding hydrogens is 259 g/mol. The molecular formula is C11H10BrFN2. The van der Waals surface area contributed by atoms with E-state index in [-0.39, 0.29) is 5.82 Å². The van der Waals surface area contributed by atoms with Crippen LogP contribution in [0.15, 0.2) is 29.0 Å². The van der Waals surface area contributed by atoms with Gasteiger partial charge in [0.05, 0.1) is 16.5 Å².